The Balaban J connectivity index is 1.25. The van der Waals surface area contributed by atoms with E-state index in [4.69, 9.17) is 9.84 Å². The molecule has 34 heavy (non-hydrogen) atoms. The SMILES string of the molecule is O=C(O)CSCCNC(=O)Cc1csc(NC(=O)OCC2c3ccccc3-c3ccccc32)n1. The van der Waals surface area contributed by atoms with Gasteiger partial charge in [-0.2, -0.15) is 0 Å². The van der Waals surface area contributed by atoms with Gasteiger partial charge in [0.05, 0.1) is 17.9 Å². The number of anilines is 1. The standard InChI is InChI=1S/C24H23N3O5S2/c28-21(25-9-10-33-14-22(29)30)11-15-13-34-23(26-15)27-24(31)32-12-20-18-7-3-1-5-16(18)17-6-2-4-8-19(17)20/h1-8,13,20H,9-12,14H2,(H,25,28)(H,29,30)(H,26,27,31). The van der Waals surface area contributed by atoms with Crippen LogP contribution < -0.4 is 10.6 Å². The first kappa shape index (κ1) is 23.8. The molecule has 2 aromatic carbocycles. The van der Waals surface area contributed by atoms with Gasteiger partial charge in [-0.3, -0.25) is 14.9 Å². The second-order valence-corrected chi connectivity index (χ2v) is 9.53. The monoisotopic (exact) mass is 497 g/mol. The highest BCUT2D eigenvalue weighted by Crippen LogP contribution is 2.44. The molecule has 0 unspecified atom stereocenters. The zero-order valence-electron chi connectivity index (χ0n) is 18.2. The van der Waals surface area contributed by atoms with Crippen LogP contribution in [0.25, 0.3) is 11.1 Å². The molecule has 4 rings (SSSR count). The molecule has 176 valence electrons. The van der Waals surface area contributed by atoms with Gasteiger partial charge < -0.3 is 15.2 Å². The van der Waals surface area contributed by atoms with Gasteiger partial charge in [-0.25, -0.2) is 9.78 Å². The highest BCUT2D eigenvalue weighted by atomic mass is 32.2. The number of benzene rings is 2. The van der Waals surface area contributed by atoms with Crippen LogP contribution in [0.2, 0.25) is 0 Å². The molecule has 0 radical (unpaired) electrons. The summed E-state index contributed by atoms with van der Waals surface area (Å²) in [5, 5.41) is 16.0. The fourth-order valence-electron chi connectivity index (χ4n) is 3.82. The number of hydrogen-bond acceptors (Lipinski definition) is 7. The summed E-state index contributed by atoms with van der Waals surface area (Å²) >= 11 is 2.46. The Kier molecular flexibility index (Phi) is 7.81. The van der Waals surface area contributed by atoms with E-state index in [1.165, 1.54) is 23.1 Å². The van der Waals surface area contributed by atoms with E-state index in [0.29, 0.717) is 23.1 Å². The van der Waals surface area contributed by atoms with Crippen molar-refractivity contribution in [2.75, 3.05) is 30.0 Å². The first-order valence-electron chi connectivity index (χ1n) is 10.6. The number of fused-ring (bicyclic) bond motifs is 3. The van der Waals surface area contributed by atoms with E-state index in [1.54, 1.807) is 5.38 Å². The minimum Gasteiger partial charge on any atom is -0.481 e. The first-order chi connectivity index (χ1) is 16.5. The number of nitrogens with zero attached hydrogens (tertiary/aromatic N) is 1. The molecule has 1 heterocycles. The van der Waals surface area contributed by atoms with Gasteiger partial charge in [0.15, 0.2) is 5.13 Å². The lowest BCUT2D eigenvalue weighted by Crippen LogP contribution is -2.27. The third kappa shape index (κ3) is 5.95. The number of aliphatic carboxylic acids is 1. The summed E-state index contributed by atoms with van der Waals surface area (Å²) in [5.41, 5.74) is 5.14. The zero-order chi connectivity index (χ0) is 23.9. The van der Waals surface area contributed by atoms with Crippen LogP contribution in [-0.2, 0) is 20.7 Å². The Morgan fingerprint density at radius 3 is 2.41 bits per heavy atom. The first-order valence-corrected chi connectivity index (χ1v) is 12.7. The lowest BCUT2D eigenvalue weighted by atomic mass is 9.98. The number of aromatic nitrogens is 1. The number of rotatable bonds is 10. The second kappa shape index (κ2) is 11.2. The topological polar surface area (TPSA) is 118 Å². The molecular formula is C24H23N3O5S2. The molecule has 3 aromatic rings. The maximum Gasteiger partial charge on any atom is 0.413 e. The maximum atomic E-state index is 12.4. The molecule has 0 aliphatic heterocycles. The lowest BCUT2D eigenvalue weighted by molar-refractivity contribution is -0.133. The summed E-state index contributed by atoms with van der Waals surface area (Å²) in [7, 11) is 0. The van der Waals surface area contributed by atoms with Crippen molar-refractivity contribution < 1.29 is 24.2 Å². The summed E-state index contributed by atoms with van der Waals surface area (Å²) in [6.45, 7) is 0.589. The van der Waals surface area contributed by atoms with Crippen LogP contribution in [0.1, 0.15) is 22.7 Å². The van der Waals surface area contributed by atoms with E-state index in [2.05, 4.69) is 39.9 Å². The van der Waals surface area contributed by atoms with E-state index in [-0.39, 0.29) is 30.6 Å². The van der Waals surface area contributed by atoms with Crippen LogP contribution in [0.5, 0.6) is 0 Å². The van der Waals surface area contributed by atoms with Crippen LogP contribution in [-0.4, -0.2) is 52.7 Å². The number of ether oxygens (including phenoxy) is 1. The zero-order valence-corrected chi connectivity index (χ0v) is 19.8. The normalized spacial score (nSPS) is 12.0. The second-order valence-electron chi connectivity index (χ2n) is 7.57. The van der Waals surface area contributed by atoms with Gasteiger partial charge in [-0.1, -0.05) is 48.5 Å². The van der Waals surface area contributed by atoms with E-state index in [1.807, 2.05) is 24.3 Å². The van der Waals surface area contributed by atoms with Crippen LogP contribution in [0, 0.1) is 0 Å². The number of thiazole rings is 1. The third-order valence-corrected chi connectivity index (χ3v) is 6.99. The van der Waals surface area contributed by atoms with Crippen LogP contribution in [0.15, 0.2) is 53.9 Å². The summed E-state index contributed by atoms with van der Waals surface area (Å²) in [6, 6.07) is 16.3. The van der Waals surface area contributed by atoms with Gasteiger partial charge in [0.1, 0.15) is 6.61 Å². The molecular weight excluding hydrogens is 474 g/mol. The minimum absolute atomic E-state index is 0.00680. The van der Waals surface area contributed by atoms with Gasteiger partial charge in [-0.15, -0.1) is 23.1 Å². The lowest BCUT2D eigenvalue weighted by Gasteiger charge is -2.14. The molecule has 0 saturated carbocycles. The molecule has 1 aromatic heterocycles. The van der Waals surface area contributed by atoms with Gasteiger partial charge in [0.25, 0.3) is 0 Å². The van der Waals surface area contributed by atoms with Crippen molar-refractivity contribution in [1.29, 1.82) is 0 Å². The third-order valence-electron chi connectivity index (χ3n) is 5.24. The van der Waals surface area contributed by atoms with Gasteiger partial charge in [-0.05, 0) is 22.3 Å². The van der Waals surface area contributed by atoms with Gasteiger partial charge in [0, 0.05) is 23.6 Å². The van der Waals surface area contributed by atoms with Crippen molar-refractivity contribution in [1.82, 2.24) is 10.3 Å². The van der Waals surface area contributed by atoms with E-state index < -0.39 is 12.1 Å². The predicted octanol–water partition coefficient (Wildman–Crippen LogP) is 3.98. The van der Waals surface area contributed by atoms with Crippen molar-refractivity contribution in [3.63, 3.8) is 0 Å². The van der Waals surface area contributed by atoms with Crippen LogP contribution >= 0.6 is 23.1 Å². The molecule has 1 aliphatic rings. The van der Waals surface area contributed by atoms with E-state index >= 15 is 0 Å². The van der Waals surface area contributed by atoms with Gasteiger partial charge in [0.2, 0.25) is 5.91 Å². The predicted molar refractivity (Wildman–Crippen MR) is 132 cm³/mol. The Morgan fingerprint density at radius 1 is 1.06 bits per heavy atom. The van der Waals surface area contributed by atoms with E-state index in [0.717, 1.165) is 22.3 Å². The molecule has 0 spiro atoms. The smallest absolute Gasteiger partial charge is 0.413 e. The maximum absolute atomic E-state index is 12.4. The van der Waals surface area contributed by atoms with Crippen molar-refractivity contribution in [2.45, 2.75) is 12.3 Å². The quantitative estimate of drug-likeness (QED) is 0.363. The fraction of sp³-hybridized carbons (Fsp3) is 0.250. The largest absolute Gasteiger partial charge is 0.481 e. The molecule has 3 N–H and O–H groups in total. The molecule has 8 nitrogen and oxygen atoms in total. The Bertz CT molecular complexity index is 1150. The molecule has 0 fully saturated rings. The summed E-state index contributed by atoms with van der Waals surface area (Å²) in [6.07, 6.45) is -0.519. The highest BCUT2D eigenvalue weighted by molar-refractivity contribution is 7.99. The average Bonchev–Trinajstić information content (AvgIpc) is 3.39. The van der Waals surface area contributed by atoms with Crippen LogP contribution in [0.3, 0.4) is 0 Å². The summed E-state index contributed by atoms with van der Waals surface area (Å²) in [5.74, 6) is -0.595. The molecule has 0 atom stereocenters. The number of carboxylic acids is 1. The van der Waals surface area contributed by atoms with Crippen LogP contribution in [0.4, 0.5) is 9.93 Å². The Hall–Kier alpha value is -3.37. The fourth-order valence-corrected chi connectivity index (χ4v) is 5.08. The number of carbonyl (C=O) groups is 3. The molecule has 1 aliphatic carbocycles. The Morgan fingerprint density at radius 2 is 1.74 bits per heavy atom. The number of amides is 2. The number of nitrogens with one attached hydrogen (secondary N) is 2. The molecule has 0 bridgehead atoms. The Labute approximate surface area is 204 Å². The highest BCUT2D eigenvalue weighted by Gasteiger charge is 2.29. The molecule has 0 saturated heterocycles. The van der Waals surface area contributed by atoms with Crippen molar-refractivity contribution >= 4 is 46.2 Å². The van der Waals surface area contributed by atoms with Crippen molar-refractivity contribution in [3.8, 4) is 11.1 Å². The van der Waals surface area contributed by atoms with Crippen molar-refractivity contribution in [2.24, 2.45) is 0 Å². The average molecular weight is 498 g/mol. The molecule has 2 amide bonds. The van der Waals surface area contributed by atoms with E-state index in [9.17, 15) is 14.4 Å². The number of carboxylic acid groups (broad SMARTS) is 1. The summed E-state index contributed by atoms with van der Waals surface area (Å²) < 4.78 is 5.52. The van der Waals surface area contributed by atoms with Crippen molar-refractivity contribution in [3.05, 3.63) is 70.7 Å². The number of carbonyl (C=O) groups excluding carboxylic acids is 2. The number of hydrogen-bond donors (Lipinski definition) is 3. The summed E-state index contributed by atoms with van der Waals surface area (Å²) in [4.78, 5) is 39.1. The molecule has 10 heteroatoms. The number of thioether (sulfide) groups is 1. The minimum atomic E-state index is -0.879. The van der Waals surface area contributed by atoms with Gasteiger partial charge >= 0.3 is 12.1 Å².